The van der Waals surface area contributed by atoms with Crippen LogP contribution in [0, 0.1) is 11.8 Å². The molecule has 2 rings (SSSR count). The summed E-state index contributed by atoms with van der Waals surface area (Å²) < 4.78 is 0. The molecule has 2 atom stereocenters. The van der Waals surface area contributed by atoms with E-state index in [0.29, 0.717) is 6.04 Å². The standard InChI is InChI=1S/C18H36N2/c1-4-12-20-13-10-18(11-14-20)16(3)19-15(2)17-8-6-5-7-9-17/h15-19H,4-14H2,1-3H3/t15-,16?/m1/s1. The van der Waals surface area contributed by atoms with Crippen molar-refractivity contribution in [2.75, 3.05) is 19.6 Å². The van der Waals surface area contributed by atoms with E-state index in [1.165, 1.54) is 71.0 Å². The average Bonchev–Trinajstić information content (AvgIpc) is 2.49. The molecule has 2 aliphatic rings. The van der Waals surface area contributed by atoms with E-state index in [-0.39, 0.29) is 0 Å². The molecule has 0 aromatic heterocycles. The lowest BCUT2D eigenvalue weighted by Gasteiger charge is -2.38. The molecule has 0 aromatic rings. The molecule has 1 aliphatic carbocycles. The van der Waals surface area contributed by atoms with Crippen LogP contribution in [0.4, 0.5) is 0 Å². The lowest BCUT2D eigenvalue weighted by molar-refractivity contribution is 0.151. The van der Waals surface area contributed by atoms with E-state index in [1.54, 1.807) is 0 Å². The van der Waals surface area contributed by atoms with Gasteiger partial charge in [0.2, 0.25) is 0 Å². The van der Waals surface area contributed by atoms with Gasteiger partial charge in [-0.2, -0.15) is 0 Å². The molecular formula is C18H36N2. The Labute approximate surface area is 126 Å². The number of likely N-dealkylation sites (tertiary alicyclic amines) is 1. The van der Waals surface area contributed by atoms with Crippen LogP contribution in [0.1, 0.15) is 72.1 Å². The van der Waals surface area contributed by atoms with Crippen molar-refractivity contribution >= 4 is 0 Å². The fourth-order valence-corrected chi connectivity index (χ4v) is 4.31. The van der Waals surface area contributed by atoms with Crippen LogP contribution in [0.15, 0.2) is 0 Å². The predicted molar refractivity (Wildman–Crippen MR) is 88.1 cm³/mol. The molecule has 1 saturated heterocycles. The molecule has 0 bridgehead atoms. The molecular weight excluding hydrogens is 244 g/mol. The Kier molecular flexibility index (Phi) is 6.83. The first kappa shape index (κ1) is 16.3. The minimum absolute atomic E-state index is 0.704. The van der Waals surface area contributed by atoms with Crippen molar-refractivity contribution in [3.05, 3.63) is 0 Å². The van der Waals surface area contributed by atoms with Crippen molar-refractivity contribution < 1.29 is 0 Å². The molecule has 0 aromatic carbocycles. The minimum atomic E-state index is 0.704. The minimum Gasteiger partial charge on any atom is -0.311 e. The summed E-state index contributed by atoms with van der Waals surface area (Å²) in [5.41, 5.74) is 0. The van der Waals surface area contributed by atoms with Crippen molar-refractivity contribution in [1.82, 2.24) is 10.2 Å². The first-order valence-electron chi connectivity index (χ1n) is 9.19. The highest BCUT2D eigenvalue weighted by Crippen LogP contribution is 2.28. The van der Waals surface area contributed by atoms with Gasteiger partial charge in [-0.25, -0.2) is 0 Å². The molecule has 1 saturated carbocycles. The lowest BCUT2D eigenvalue weighted by Crippen LogP contribution is -2.47. The maximum absolute atomic E-state index is 3.95. The van der Waals surface area contributed by atoms with Crippen LogP contribution in [-0.2, 0) is 0 Å². The number of nitrogens with zero attached hydrogens (tertiary/aromatic N) is 1. The summed E-state index contributed by atoms with van der Waals surface area (Å²) in [6.45, 7) is 11.1. The normalized spacial score (nSPS) is 26.6. The quantitative estimate of drug-likeness (QED) is 0.789. The molecule has 1 N–H and O–H groups in total. The molecule has 118 valence electrons. The molecule has 2 nitrogen and oxygen atoms in total. The van der Waals surface area contributed by atoms with E-state index in [9.17, 15) is 0 Å². The molecule has 2 heteroatoms. The summed E-state index contributed by atoms with van der Waals surface area (Å²) in [6, 6.07) is 1.43. The van der Waals surface area contributed by atoms with E-state index in [4.69, 9.17) is 0 Å². The van der Waals surface area contributed by atoms with Crippen LogP contribution in [-0.4, -0.2) is 36.6 Å². The van der Waals surface area contributed by atoms with Crippen LogP contribution >= 0.6 is 0 Å². The Morgan fingerprint density at radius 2 is 1.45 bits per heavy atom. The zero-order valence-corrected chi connectivity index (χ0v) is 14.0. The molecule has 20 heavy (non-hydrogen) atoms. The Balaban J connectivity index is 1.70. The largest absolute Gasteiger partial charge is 0.311 e. The number of rotatable bonds is 6. The molecule has 0 amide bonds. The number of nitrogens with one attached hydrogen (secondary N) is 1. The smallest absolute Gasteiger partial charge is 0.00705 e. The highest BCUT2D eigenvalue weighted by Gasteiger charge is 2.26. The second kappa shape index (κ2) is 8.38. The molecule has 1 heterocycles. The Morgan fingerprint density at radius 1 is 0.900 bits per heavy atom. The third-order valence-electron chi connectivity index (χ3n) is 5.76. The highest BCUT2D eigenvalue weighted by molar-refractivity contribution is 4.84. The SMILES string of the molecule is CCCN1CCC(C(C)N[C@H](C)C2CCCCC2)CC1. The first-order chi connectivity index (χ1) is 9.70. The maximum atomic E-state index is 3.95. The summed E-state index contributed by atoms with van der Waals surface area (Å²) in [5.74, 6) is 1.83. The van der Waals surface area contributed by atoms with Crippen molar-refractivity contribution in [2.45, 2.75) is 84.2 Å². The second-order valence-electron chi connectivity index (χ2n) is 7.32. The fraction of sp³-hybridized carbons (Fsp3) is 1.00. The second-order valence-corrected chi connectivity index (χ2v) is 7.32. The van der Waals surface area contributed by atoms with Crippen LogP contribution in [0.3, 0.4) is 0 Å². The van der Waals surface area contributed by atoms with Gasteiger partial charge in [0.15, 0.2) is 0 Å². The van der Waals surface area contributed by atoms with Gasteiger partial charge in [0.25, 0.3) is 0 Å². The van der Waals surface area contributed by atoms with E-state index in [2.05, 4.69) is 31.0 Å². The van der Waals surface area contributed by atoms with Crippen molar-refractivity contribution in [3.8, 4) is 0 Å². The Morgan fingerprint density at radius 3 is 2.00 bits per heavy atom. The highest BCUT2D eigenvalue weighted by atomic mass is 15.1. The summed E-state index contributed by atoms with van der Waals surface area (Å²) in [7, 11) is 0. The molecule has 0 spiro atoms. The van der Waals surface area contributed by atoms with Gasteiger partial charge in [0, 0.05) is 12.1 Å². The average molecular weight is 280 g/mol. The van der Waals surface area contributed by atoms with E-state index < -0.39 is 0 Å². The van der Waals surface area contributed by atoms with Crippen LogP contribution in [0.25, 0.3) is 0 Å². The molecule has 1 unspecified atom stereocenters. The fourth-order valence-electron chi connectivity index (χ4n) is 4.31. The summed E-state index contributed by atoms with van der Waals surface area (Å²) in [5, 5.41) is 3.95. The third kappa shape index (κ3) is 4.73. The van der Waals surface area contributed by atoms with Crippen molar-refractivity contribution in [3.63, 3.8) is 0 Å². The van der Waals surface area contributed by atoms with E-state index in [0.717, 1.165) is 17.9 Å². The zero-order valence-electron chi connectivity index (χ0n) is 14.0. The van der Waals surface area contributed by atoms with Crippen LogP contribution in [0.5, 0.6) is 0 Å². The van der Waals surface area contributed by atoms with Gasteiger partial charge in [-0.15, -0.1) is 0 Å². The molecule has 2 fully saturated rings. The summed E-state index contributed by atoms with van der Waals surface area (Å²) in [6.07, 6.45) is 11.4. The number of piperidine rings is 1. The van der Waals surface area contributed by atoms with Gasteiger partial charge in [0.1, 0.15) is 0 Å². The van der Waals surface area contributed by atoms with Gasteiger partial charge in [0.05, 0.1) is 0 Å². The first-order valence-corrected chi connectivity index (χ1v) is 9.19. The van der Waals surface area contributed by atoms with E-state index in [1.807, 2.05) is 0 Å². The topological polar surface area (TPSA) is 15.3 Å². The maximum Gasteiger partial charge on any atom is 0.00705 e. The Hall–Kier alpha value is -0.0800. The summed E-state index contributed by atoms with van der Waals surface area (Å²) >= 11 is 0. The monoisotopic (exact) mass is 280 g/mol. The zero-order chi connectivity index (χ0) is 14.4. The van der Waals surface area contributed by atoms with Crippen LogP contribution in [0.2, 0.25) is 0 Å². The third-order valence-corrected chi connectivity index (χ3v) is 5.76. The van der Waals surface area contributed by atoms with Gasteiger partial charge in [-0.1, -0.05) is 26.2 Å². The van der Waals surface area contributed by atoms with Gasteiger partial charge >= 0.3 is 0 Å². The Bertz CT molecular complexity index is 252. The molecule has 0 radical (unpaired) electrons. The summed E-state index contributed by atoms with van der Waals surface area (Å²) in [4.78, 5) is 2.65. The van der Waals surface area contributed by atoms with Crippen molar-refractivity contribution in [2.24, 2.45) is 11.8 Å². The van der Waals surface area contributed by atoms with E-state index >= 15 is 0 Å². The number of hydrogen-bond acceptors (Lipinski definition) is 2. The number of hydrogen-bond donors (Lipinski definition) is 1. The molecule has 1 aliphatic heterocycles. The van der Waals surface area contributed by atoms with Gasteiger partial charge in [-0.05, 0) is 77.4 Å². The van der Waals surface area contributed by atoms with Crippen LogP contribution < -0.4 is 5.32 Å². The lowest BCUT2D eigenvalue weighted by atomic mass is 9.83. The van der Waals surface area contributed by atoms with Gasteiger partial charge < -0.3 is 10.2 Å². The van der Waals surface area contributed by atoms with Crippen molar-refractivity contribution in [1.29, 1.82) is 0 Å². The van der Waals surface area contributed by atoms with Gasteiger partial charge in [-0.3, -0.25) is 0 Å². The predicted octanol–water partition coefficient (Wildman–Crippen LogP) is 4.06.